The van der Waals surface area contributed by atoms with Crippen LogP contribution < -0.4 is 20.1 Å². The molecule has 2 amide bonds. The van der Waals surface area contributed by atoms with Gasteiger partial charge in [0.1, 0.15) is 0 Å². The van der Waals surface area contributed by atoms with Gasteiger partial charge in [0.25, 0.3) is 0 Å². The van der Waals surface area contributed by atoms with E-state index in [4.69, 9.17) is 9.47 Å². The SMILES string of the molecule is Cc1ccc(NC(=O)Nc2nc(-c3ccc4c(c3)OCO4)cs2)cc1C. The van der Waals surface area contributed by atoms with Crippen LogP contribution in [0.2, 0.25) is 0 Å². The zero-order valence-corrected chi connectivity index (χ0v) is 15.1. The molecule has 0 saturated heterocycles. The number of nitrogens with one attached hydrogen (secondary N) is 2. The van der Waals surface area contributed by atoms with Gasteiger partial charge in [0, 0.05) is 16.6 Å². The molecule has 0 fully saturated rings. The van der Waals surface area contributed by atoms with Crippen molar-refractivity contribution in [1.29, 1.82) is 0 Å². The molecule has 0 saturated carbocycles. The molecular formula is C19H17N3O3S. The van der Waals surface area contributed by atoms with Gasteiger partial charge in [-0.1, -0.05) is 6.07 Å². The lowest BCUT2D eigenvalue weighted by Crippen LogP contribution is -2.19. The molecule has 6 nitrogen and oxygen atoms in total. The minimum Gasteiger partial charge on any atom is -0.454 e. The Morgan fingerprint density at radius 1 is 1.04 bits per heavy atom. The van der Waals surface area contributed by atoms with Gasteiger partial charge in [-0.15, -0.1) is 11.3 Å². The van der Waals surface area contributed by atoms with Crippen molar-refractivity contribution in [3.05, 3.63) is 52.9 Å². The predicted octanol–water partition coefficient (Wildman–Crippen LogP) is 4.80. The minimum atomic E-state index is -0.320. The first-order chi connectivity index (χ1) is 12.6. The summed E-state index contributed by atoms with van der Waals surface area (Å²) in [7, 11) is 0. The summed E-state index contributed by atoms with van der Waals surface area (Å²) in [6.45, 7) is 4.28. The summed E-state index contributed by atoms with van der Waals surface area (Å²) < 4.78 is 10.7. The van der Waals surface area contributed by atoms with Crippen LogP contribution in [0.3, 0.4) is 0 Å². The topological polar surface area (TPSA) is 72.5 Å². The number of nitrogens with zero attached hydrogens (tertiary/aromatic N) is 1. The van der Waals surface area contributed by atoms with Gasteiger partial charge in [-0.25, -0.2) is 9.78 Å². The van der Waals surface area contributed by atoms with Crippen molar-refractivity contribution in [2.75, 3.05) is 17.4 Å². The highest BCUT2D eigenvalue weighted by molar-refractivity contribution is 7.14. The van der Waals surface area contributed by atoms with Crippen LogP contribution in [0.1, 0.15) is 11.1 Å². The van der Waals surface area contributed by atoms with Crippen LogP contribution in [0, 0.1) is 13.8 Å². The Hall–Kier alpha value is -3.06. The summed E-state index contributed by atoms with van der Waals surface area (Å²) in [6, 6.07) is 11.1. The standard InChI is InChI=1S/C19H17N3O3S/c1-11-3-5-14(7-12(11)2)20-18(23)22-19-21-15(9-26-19)13-4-6-16-17(8-13)25-10-24-16/h3-9H,10H2,1-2H3,(H2,20,21,22,23). The highest BCUT2D eigenvalue weighted by Crippen LogP contribution is 2.36. The summed E-state index contributed by atoms with van der Waals surface area (Å²) in [5, 5.41) is 8.01. The first-order valence-corrected chi connectivity index (χ1v) is 8.97. The van der Waals surface area contributed by atoms with E-state index in [1.807, 2.05) is 55.6 Å². The Morgan fingerprint density at radius 2 is 1.88 bits per heavy atom. The maximum atomic E-state index is 12.2. The van der Waals surface area contributed by atoms with E-state index in [9.17, 15) is 4.79 Å². The Balaban J connectivity index is 1.44. The van der Waals surface area contributed by atoms with Crippen molar-refractivity contribution < 1.29 is 14.3 Å². The number of aryl methyl sites for hydroxylation is 2. The fourth-order valence-electron chi connectivity index (χ4n) is 2.60. The molecule has 0 atom stereocenters. The maximum absolute atomic E-state index is 12.2. The quantitative estimate of drug-likeness (QED) is 0.697. The Bertz CT molecular complexity index is 984. The monoisotopic (exact) mass is 367 g/mol. The number of rotatable bonds is 3. The van der Waals surface area contributed by atoms with Gasteiger partial charge >= 0.3 is 6.03 Å². The number of carbonyl (C=O) groups is 1. The van der Waals surface area contributed by atoms with Crippen LogP contribution in [-0.4, -0.2) is 17.8 Å². The molecule has 1 aliphatic rings. The van der Waals surface area contributed by atoms with Crippen LogP contribution in [0.25, 0.3) is 11.3 Å². The first-order valence-electron chi connectivity index (χ1n) is 8.09. The third-order valence-electron chi connectivity index (χ3n) is 4.16. The van der Waals surface area contributed by atoms with Crippen LogP contribution in [0.5, 0.6) is 11.5 Å². The number of urea groups is 1. The van der Waals surface area contributed by atoms with E-state index < -0.39 is 0 Å². The molecule has 1 aromatic heterocycles. The number of fused-ring (bicyclic) bond motifs is 1. The summed E-state index contributed by atoms with van der Waals surface area (Å²) in [5.74, 6) is 1.44. The number of hydrogen-bond acceptors (Lipinski definition) is 5. The van der Waals surface area contributed by atoms with E-state index in [1.54, 1.807) is 0 Å². The molecule has 2 heterocycles. The van der Waals surface area contributed by atoms with Gasteiger partial charge in [0.05, 0.1) is 5.69 Å². The first kappa shape index (κ1) is 16.4. The summed E-state index contributed by atoms with van der Waals surface area (Å²) in [5.41, 5.74) is 4.74. The fraction of sp³-hybridized carbons (Fsp3) is 0.158. The zero-order valence-electron chi connectivity index (χ0n) is 14.3. The fourth-order valence-corrected chi connectivity index (χ4v) is 3.31. The lowest BCUT2D eigenvalue weighted by atomic mass is 10.1. The third-order valence-corrected chi connectivity index (χ3v) is 4.92. The molecule has 3 aromatic rings. The van der Waals surface area contributed by atoms with Crippen molar-refractivity contribution >= 4 is 28.2 Å². The molecule has 0 unspecified atom stereocenters. The number of hydrogen-bond donors (Lipinski definition) is 2. The zero-order chi connectivity index (χ0) is 18.1. The highest BCUT2D eigenvalue weighted by Gasteiger charge is 2.15. The smallest absolute Gasteiger partial charge is 0.325 e. The minimum absolute atomic E-state index is 0.237. The average molecular weight is 367 g/mol. The molecule has 2 aromatic carbocycles. The van der Waals surface area contributed by atoms with Crippen molar-refractivity contribution in [1.82, 2.24) is 4.98 Å². The normalized spacial score (nSPS) is 12.1. The third kappa shape index (κ3) is 3.34. The molecule has 4 rings (SSSR count). The Kier molecular flexibility index (Phi) is 4.22. The number of carbonyl (C=O) groups excluding carboxylic acids is 1. The second-order valence-corrected chi connectivity index (χ2v) is 6.84. The number of amides is 2. The molecule has 26 heavy (non-hydrogen) atoms. The van der Waals surface area contributed by atoms with Crippen molar-refractivity contribution in [2.45, 2.75) is 13.8 Å². The Morgan fingerprint density at radius 3 is 2.73 bits per heavy atom. The molecular weight excluding hydrogens is 350 g/mol. The second kappa shape index (κ2) is 6.68. The van der Waals surface area contributed by atoms with Gasteiger partial charge in [-0.2, -0.15) is 0 Å². The lowest BCUT2D eigenvalue weighted by molar-refractivity contribution is 0.174. The number of aromatic nitrogens is 1. The average Bonchev–Trinajstić information content (AvgIpc) is 3.26. The van der Waals surface area contributed by atoms with E-state index in [0.29, 0.717) is 10.9 Å². The summed E-state index contributed by atoms with van der Waals surface area (Å²) >= 11 is 1.37. The molecule has 2 N–H and O–H groups in total. The second-order valence-electron chi connectivity index (χ2n) is 5.98. The van der Waals surface area contributed by atoms with E-state index in [0.717, 1.165) is 28.3 Å². The van der Waals surface area contributed by atoms with Crippen LogP contribution in [0.15, 0.2) is 41.8 Å². The Labute approximate surface area is 154 Å². The molecule has 1 aliphatic heterocycles. The van der Waals surface area contributed by atoms with E-state index in [-0.39, 0.29) is 12.8 Å². The highest BCUT2D eigenvalue weighted by atomic mass is 32.1. The van der Waals surface area contributed by atoms with Crippen LogP contribution in [-0.2, 0) is 0 Å². The molecule has 7 heteroatoms. The molecule has 0 bridgehead atoms. The number of ether oxygens (including phenoxy) is 2. The van der Waals surface area contributed by atoms with Gasteiger partial charge in [-0.05, 0) is 55.3 Å². The number of anilines is 2. The van der Waals surface area contributed by atoms with Crippen LogP contribution in [0.4, 0.5) is 15.6 Å². The van der Waals surface area contributed by atoms with Gasteiger partial charge in [-0.3, -0.25) is 5.32 Å². The van der Waals surface area contributed by atoms with Gasteiger partial charge < -0.3 is 14.8 Å². The lowest BCUT2D eigenvalue weighted by Gasteiger charge is -2.07. The van der Waals surface area contributed by atoms with E-state index >= 15 is 0 Å². The molecule has 0 radical (unpaired) electrons. The molecule has 0 aliphatic carbocycles. The van der Waals surface area contributed by atoms with Gasteiger partial charge in [0.15, 0.2) is 16.6 Å². The summed E-state index contributed by atoms with van der Waals surface area (Å²) in [6.07, 6.45) is 0. The number of benzene rings is 2. The van der Waals surface area contributed by atoms with Crippen molar-refractivity contribution in [3.8, 4) is 22.8 Å². The largest absolute Gasteiger partial charge is 0.454 e. The predicted molar refractivity (Wildman–Crippen MR) is 102 cm³/mol. The van der Waals surface area contributed by atoms with Crippen molar-refractivity contribution in [2.24, 2.45) is 0 Å². The molecule has 0 spiro atoms. The van der Waals surface area contributed by atoms with E-state index in [2.05, 4.69) is 15.6 Å². The summed E-state index contributed by atoms with van der Waals surface area (Å²) in [4.78, 5) is 16.7. The maximum Gasteiger partial charge on any atom is 0.325 e. The number of thiazole rings is 1. The van der Waals surface area contributed by atoms with Gasteiger partial charge in [0.2, 0.25) is 6.79 Å². The molecule has 132 valence electrons. The van der Waals surface area contributed by atoms with Crippen molar-refractivity contribution in [3.63, 3.8) is 0 Å². The van der Waals surface area contributed by atoms with E-state index in [1.165, 1.54) is 16.9 Å². The van der Waals surface area contributed by atoms with Crippen LogP contribution >= 0.6 is 11.3 Å².